The minimum absolute atomic E-state index is 0.103. The summed E-state index contributed by atoms with van der Waals surface area (Å²) < 4.78 is 13.8. The largest absolute Gasteiger partial charge is 0.563 e. The summed E-state index contributed by atoms with van der Waals surface area (Å²) in [6.45, 7) is 2.12. The Kier molecular flexibility index (Phi) is 5.36. The van der Waals surface area contributed by atoms with Crippen molar-refractivity contribution in [3.05, 3.63) is 90.3 Å². The van der Waals surface area contributed by atoms with E-state index in [4.69, 9.17) is 19.2 Å². The van der Waals surface area contributed by atoms with Crippen molar-refractivity contribution in [1.82, 2.24) is 14.8 Å². The van der Waals surface area contributed by atoms with Gasteiger partial charge in [0.25, 0.3) is 0 Å². The van der Waals surface area contributed by atoms with Gasteiger partial charge in [-0.3, -0.25) is 0 Å². The molecule has 0 amide bonds. The number of hydrogen-bond donors (Lipinski definition) is 0. The minimum atomic E-state index is -0.704. The van der Waals surface area contributed by atoms with Crippen LogP contribution in [0.1, 0.15) is 11.3 Å². The lowest BCUT2D eigenvalue weighted by atomic mass is 10.1. The van der Waals surface area contributed by atoms with Crippen molar-refractivity contribution in [2.75, 3.05) is 0 Å². The molecule has 2 heterocycles. The molecule has 0 aliphatic rings. The van der Waals surface area contributed by atoms with E-state index in [1.54, 1.807) is 6.20 Å². The summed E-state index contributed by atoms with van der Waals surface area (Å²) in [4.78, 5) is 16.0. The Morgan fingerprint density at radius 2 is 1.82 bits per heavy atom. The van der Waals surface area contributed by atoms with Crippen LogP contribution in [0, 0.1) is 6.92 Å². The lowest BCUT2D eigenvalue weighted by molar-refractivity contribution is -0.137. The molecule has 5 rings (SSSR count). The van der Waals surface area contributed by atoms with E-state index < -0.39 is 5.97 Å². The van der Waals surface area contributed by atoms with Crippen molar-refractivity contribution in [2.24, 2.45) is 0 Å². The van der Waals surface area contributed by atoms with Gasteiger partial charge in [0.2, 0.25) is 5.89 Å². The number of ether oxygens (including phenoxy) is 1. The van der Waals surface area contributed by atoms with E-state index in [2.05, 4.69) is 5.10 Å². The third kappa shape index (κ3) is 4.21. The second-order valence-corrected chi connectivity index (χ2v) is 7.73. The van der Waals surface area contributed by atoms with Gasteiger partial charge in [0, 0.05) is 15.9 Å². The fourth-order valence-corrected chi connectivity index (χ4v) is 3.78. The Bertz CT molecular complexity index is 1440. The fourth-order valence-electron chi connectivity index (χ4n) is 3.78. The van der Waals surface area contributed by atoms with Crippen LogP contribution in [0.2, 0.25) is 0 Å². The molecule has 7 nitrogen and oxygen atoms in total. The summed E-state index contributed by atoms with van der Waals surface area (Å²) in [7, 11) is 0. The van der Waals surface area contributed by atoms with Crippen LogP contribution in [0.25, 0.3) is 33.7 Å². The van der Waals surface area contributed by atoms with E-state index in [-0.39, 0.29) is 13.2 Å². The number of fused-ring (bicyclic) bond motifs is 1. The van der Waals surface area contributed by atoms with Gasteiger partial charge in [-0.05, 0) is 31.2 Å². The first-order chi connectivity index (χ1) is 16.1. The first kappa shape index (κ1) is 20.5. The number of hydrogen-bond acceptors (Lipinski definition) is 5. The molecule has 3 aromatic carbocycles. The molecule has 0 aliphatic heterocycles. The zero-order valence-electron chi connectivity index (χ0n) is 18.0. The third-order valence-electron chi connectivity index (χ3n) is 5.30. The van der Waals surface area contributed by atoms with Crippen molar-refractivity contribution in [3.8, 4) is 28.5 Å². The summed E-state index contributed by atoms with van der Waals surface area (Å²) in [6, 6.07) is 23.4. The summed E-state index contributed by atoms with van der Waals surface area (Å²) in [6.07, 6.45) is 1.65. The van der Waals surface area contributed by atoms with Crippen LogP contribution in [0.4, 0.5) is 0 Å². The van der Waals surface area contributed by atoms with E-state index in [9.17, 15) is 4.79 Å². The fraction of sp³-hybridized carbons (Fsp3) is 0.115. The van der Waals surface area contributed by atoms with Gasteiger partial charge < -0.3 is 14.3 Å². The first-order valence-corrected chi connectivity index (χ1v) is 10.5. The molecule has 5 aromatic rings. The van der Waals surface area contributed by atoms with Crippen LogP contribution in [0.3, 0.4) is 0 Å². The van der Waals surface area contributed by atoms with Crippen molar-refractivity contribution in [2.45, 2.75) is 20.1 Å². The molecule has 0 saturated heterocycles. The monoisotopic (exact) mass is 440 g/mol. The Labute approximate surface area is 189 Å². The van der Waals surface area contributed by atoms with E-state index >= 15 is 0 Å². The predicted octanol–water partition coefficient (Wildman–Crippen LogP) is 4.50. The molecular formula is C26H22N3O4+. The maximum absolute atomic E-state index is 11.2. The number of carbonyl (C=O) groups excluding carboxylic acids is 1. The van der Waals surface area contributed by atoms with Gasteiger partial charge in [-0.15, -0.1) is 0 Å². The number of rotatable bonds is 7. The molecule has 0 fully saturated rings. The highest BCUT2D eigenvalue weighted by Crippen LogP contribution is 2.32. The number of oxazole rings is 1. The number of aromatic nitrogens is 3. The molecule has 164 valence electrons. The van der Waals surface area contributed by atoms with Crippen molar-refractivity contribution in [1.29, 1.82) is 0 Å². The van der Waals surface area contributed by atoms with E-state index in [1.807, 2.05) is 79.7 Å². The molecule has 0 unspecified atom stereocenters. The van der Waals surface area contributed by atoms with Crippen molar-refractivity contribution >= 4 is 16.9 Å². The highest BCUT2D eigenvalue weighted by atomic mass is 16.5. The second-order valence-electron chi connectivity index (χ2n) is 7.73. The molecule has 0 aliphatic carbocycles. The highest BCUT2D eigenvalue weighted by Gasteiger charge is 2.18. The molecule has 2 N–H and O–H groups in total. The second kappa shape index (κ2) is 8.63. The normalized spacial score (nSPS) is 11.1. The summed E-state index contributed by atoms with van der Waals surface area (Å²) in [5.41, 5.74) is 4.37. The van der Waals surface area contributed by atoms with Gasteiger partial charge in [-0.25, -0.2) is 9.67 Å². The molecule has 0 atom stereocenters. The first-order valence-electron chi connectivity index (χ1n) is 10.5. The van der Waals surface area contributed by atoms with Crippen molar-refractivity contribution in [3.63, 3.8) is 0 Å². The molecule has 2 aromatic heterocycles. The average molecular weight is 440 g/mol. The maximum Gasteiger partial charge on any atom is 0.537 e. The summed E-state index contributed by atoms with van der Waals surface area (Å²) in [5, 5.41) is 12.2. The van der Waals surface area contributed by atoms with E-state index in [1.165, 1.54) is 4.68 Å². The molecule has 0 radical (unpaired) electrons. The molecule has 0 spiro atoms. The van der Waals surface area contributed by atoms with Crippen LogP contribution in [0.15, 0.2) is 83.4 Å². The van der Waals surface area contributed by atoms with Gasteiger partial charge >= 0.3 is 5.97 Å². The van der Waals surface area contributed by atoms with Crippen LogP contribution in [0.5, 0.6) is 5.75 Å². The van der Waals surface area contributed by atoms with Crippen molar-refractivity contribution < 1.29 is 19.1 Å². The predicted molar refractivity (Wildman–Crippen MR) is 125 cm³/mol. The Morgan fingerprint density at radius 3 is 2.61 bits per heavy atom. The molecular weight excluding hydrogens is 418 g/mol. The third-order valence-corrected chi connectivity index (χ3v) is 5.30. The van der Waals surface area contributed by atoms with Gasteiger partial charge in [0.05, 0.1) is 17.1 Å². The minimum Gasteiger partial charge on any atom is -0.563 e. The standard InChI is InChI=1S/C26H21N3O4/c1-17-7-5-10-19(13-17)26-28-21(25(33-26)18-8-3-2-4-9-18)16-32-23-12-6-11-22-20(23)14-27-29(22)15-24(30)31/h2-14H,15-16H2,1H3,(H,30,31)/p+1. The maximum atomic E-state index is 11.2. The van der Waals surface area contributed by atoms with Gasteiger partial charge in [-0.2, -0.15) is 5.10 Å². The average Bonchev–Trinajstić information content (AvgIpc) is 3.43. The summed E-state index contributed by atoms with van der Waals surface area (Å²) in [5.74, 6) is 1.12. The molecule has 33 heavy (non-hydrogen) atoms. The van der Waals surface area contributed by atoms with Gasteiger partial charge in [0.1, 0.15) is 18.1 Å². The quantitative estimate of drug-likeness (QED) is 0.348. The van der Waals surface area contributed by atoms with E-state index in [0.29, 0.717) is 23.1 Å². The number of nitrogens with zero attached hydrogens (tertiary/aromatic N) is 3. The zero-order valence-corrected chi connectivity index (χ0v) is 18.0. The summed E-state index contributed by atoms with van der Waals surface area (Å²) >= 11 is 0. The van der Waals surface area contributed by atoms with Crippen LogP contribution in [-0.2, 0) is 17.9 Å². The highest BCUT2D eigenvalue weighted by molar-refractivity contribution is 5.86. The SMILES string of the molecule is Cc1cccc(-c2nc(COc3cccc4c3cnn4CC(=O)[OH2+])c(-c3ccccc3)o2)c1. The lowest BCUT2D eigenvalue weighted by Crippen LogP contribution is -2.09. The topological polar surface area (TPSA) is 93.0 Å². The number of benzene rings is 3. The van der Waals surface area contributed by atoms with E-state index in [0.717, 1.165) is 27.6 Å². The molecule has 7 heteroatoms. The zero-order chi connectivity index (χ0) is 22.8. The Hall–Kier alpha value is -4.39. The van der Waals surface area contributed by atoms with Gasteiger partial charge in [0.15, 0.2) is 12.3 Å². The van der Waals surface area contributed by atoms with Crippen LogP contribution in [-0.4, -0.2) is 25.8 Å². The smallest absolute Gasteiger partial charge is 0.537 e. The van der Waals surface area contributed by atoms with Gasteiger partial charge in [-0.1, -0.05) is 54.1 Å². The molecule has 0 bridgehead atoms. The lowest BCUT2D eigenvalue weighted by Gasteiger charge is -2.07. The van der Waals surface area contributed by atoms with Crippen LogP contribution >= 0.6 is 0 Å². The Balaban J connectivity index is 1.49. The number of carbonyl (C=O) groups is 1. The number of aryl methyl sites for hydroxylation is 1. The molecule has 0 saturated carbocycles. The Morgan fingerprint density at radius 1 is 1.03 bits per heavy atom. The van der Waals surface area contributed by atoms with Crippen LogP contribution < -0.4 is 4.74 Å².